The van der Waals surface area contributed by atoms with Crippen LogP contribution in [0.25, 0.3) is 0 Å². The lowest BCUT2D eigenvalue weighted by Crippen LogP contribution is -2.32. The highest BCUT2D eigenvalue weighted by molar-refractivity contribution is 6.80. The third kappa shape index (κ3) is 3.70. The van der Waals surface area contributed by atoms with Gasteiger partial charge < -0.3 is 0 Å². The third-order valence-corrected chi connectivity index (χ3v) is 14.3. The van der Waals surface area contributed by atoms with Crippen molar-refractivity contribution in [2.24, 2.45) is 0 Å². The average Bonchev–Trinajstić information content (AvgIpc) is 2.97. The average molecular weight is 269 g/mol. The molecule has 0 amide bonds. The molecule has 0 radical (unpaired) electrons. The first kappa shape index (κ1) is 13.9. The van der Waals surface area contributed by atoms with Gasteiger partial charge in [-0.25, -0.2) is 0 Å². The van der Waals surface area contributed by atoms with Crippen LogP contribution in [0.3, 0.4) is 0 Å². The van der Waals surface area contributed by atoms with Gasteiger partial charge in [-0.15, -0.1) is 0 Å². The lowest BCUT2D eigenvalue weighted by atomic mass is 10.4. The van der Waals surface area contributed by atoms with E-state index in [1.54, 1.807) is 50.6 Å². The van der Waals surface area contributed by atoms with E-state index in [1.807, 2.05) is 0 Å². The quantitative estimate of drug-likeness (QED) is 0.582. The van der Waals surface area contributed by atoms with Gasteiger partial charge in [-0.05, 0) is 11.1 Å². The fourth-order valence-corrected chi connectivity index (χ4v) is 13.5. The normalized spacial score (nSPS) is 25.6. The predicted octanol–water partition coefficient (Wildman–Crippen LogP) is 5.44. The summed E-state index contributed by atoms with van der Waals surface area (Å²) in [4.78, 5) is 0. The van der Waals surface area contributed by atoms with Gasteiger partial charge >= 0.3 is 0 Å². The van der Waals surface area contributed by atoms with E-state index in [1.165, 1.54) is 23.9 Å². The van der Waals surface area contributed by atoms with Gasteiger partial charge in [-0.2, -0.15) is 0 Å². The SMILES string of the molecule is C[SiH](CC[Si](C)(C)C1CCCC1)C1CCCC1. The summed E-state index contributed by atoms with van der Waals surface area (Å²) >= 11 is 0. The van der Waals surface area contributed by atoms with Gasteiger partial charge in [0.2, 0.25) is 0 Å². The van der Waals surface area contributed by atoms with Crippen LogP contribution in [0.5, 0.6) is 0 Å². The van der Waals surface area contributed by atoms with Crippen LogP contribution in [-0.2, 0) is 0 Å². The zero-order chi connectivity index (χ0) is 12.3. The van der Waals surface area contributed by atoms with Crippen LogP contribution in [0.4, 0.5) is 0 Å². The Bertz CT molecular complexity index is 225. The molecule has 1 atom stereocenters. The Morgan fingerprint density at radius 1 is 0.941 bits per heavy atom. The Morgan fingerprint density at radius 2 is 1.47 bits per heavy atom. The highest BCUT2D eigenvalue weighted by Gasteiger charge is 2.34. The van der Waals surface area contributed by atoms with Crippen LogP contribution in [0.15, 0.2) is 0 Å². The van der Waals surface area contributed by atoms with Crippen molar-refractivity contribution in [3.8, 4) is 0 Å². The predicted molar refractivity (Wildman–Crippen MR) is 84.5 cm³/mol. The van der Waals surface area contributed by atoms with Gasteiger partial charge in [0.1, 0.15) is 0 Å². The molecule has 2 heteroatoms. The van der Waals surface area contributed by atoms with Gasteiger partial charge in [0, 0.05) is 8.80 Å². The molecule has 100 valence electrons. The summed E-state index contributed by atoms with van der Waals surface area (Å²) in [5.74, 6) is 0. The molecule has 0 heterocycles. The fourth-order valence-electron chi connectivity index (χ4n) is 4.27. The third-order valence-electron chi connectivity index (χ3n) is 5.91. The monoisotopic (exact) mass is 268 g/mol. The van der Waals surface area contributed by atoms with Crippen molar-refractivity contribution in [1.82, 2.24) is 0 Å². The van der Waals surface area contributed by atoms with Crippen molar-refractivity contribution in [2.75, 3.05) is 0 Å². The molecule has 0 saturated heterocycles. The van der Waals surface area contributed by atoms with E-state index in [-0.39, 0.29) is 8.80 Å². The number of hydrogen-bond acceptors (Lipinski definition) is 0. The molecular formula is C15H32Si2. The molecule has 0 spiro atoms. The molecule has 0 nitrogen and oxygen atoms in total. The van der Waals surface area contributed by atoms with Gasteiger partial charge in [-0.1, -0.05) is 83.1 Å². The van der Waals surface area contributed by atoms with Gasteiger partial charge in [0.15, 0.2) is 0 Å². The maximum atomic E-state index is 2.69. The molecule has 17 heavy (non-hydrogen) atoms. The first-order valence-corrected chi connectivity index (χ1v) is 14.0. The Kier molecular flexibility index (Phi) is 4.93. The Morgan fingerprint density at radius 3 is 2.06 bits per heavy atom. The first-order chi connectivity index (χ1) is 8.09. The van der Waals surface area contributed by atoms with Crippen LogP contribution in [0, 0.1) is 0 Å². The molecule has 1 unspecified atom stereocenters. The Balaban J connectivity index is 1.75. The standard InChI is InChI=1S/C15H32Si2/c1-16(14-8-4-5-9-14)12-13-17(2,3)15-10-6-7-11-15/h14-16H,4-13H2,1-3H3. The smallest absolute Gasteiger partial charge is 0.0501 e. The minimum atomic E-state index is -0.849. The number of hydrogen-bond donors (Lipinski definition) is 0. The van der Waals surface area contributed by atoms with Crippen LogP contribution < -0.4 is 0 Å². The van der Waals surface area contributed by atoms with Crippen LogP contribution in [0.2, 0.25) is 42.8 Å². The highest BCUT2D eigenvalue weighted by atomic mass is 28.3. The van der Waals surface area contributed by atoms with Crippen molar-refractivity contribution in [2.45, 2.75) is 94.2 Å². The second-order valence-electron chi connectivity index (χ2n) is 7.53. The number of rotatable bonds is 5. The summed E-state index contributed by atoms with van der Waals surface area (Å²) in [6.07, 6.45) is 12.5. The molecule has 0 aromatic carbocycles. The maximum Gasteiger partial charge on any atom is 0.0501 e. The van der Waals surface area contributed by atoms with Gasteiger partial charge in [0.05, 0.1) is 8.07 Å². The van der Waals surface area contributed by atoms with Crippen molar-refractivity contribution in [3.05, 3.63) is 0 Å². The zero-order valence-electron chi connectivity index (χ0n) is 12.3. The Hall–Kier alpha value is 0.434. The van der Waals surface area contributed by atoms with Crippen LogP contribution >= 0.6 is 0 Å². The van der Waals surface area contributed by atoms with E-state index >= 15 is 0 Å². The highest BCUT2D eigenvalue weighted by Crippen LogP contribution is 2.42. The van der Waals surface area contributed by atoms with Crippen molar-refractivity contribution in [1.29, 1.82) is 0 Å². The molecule has 2 aliphatic carbocycles. The largest absolute Gasteiger partial charge is 0.0718 e. The van der Waals surface area contributed by atoms with E-state index in [0.29, 0.717) is 0 Å². The molecule has 0 aliphatic heterocycles. The summed E-state index contributed by atoms with van der Waals surface area (Å²) in [6, 6.07) is 3.35. The second-order valence-corrected chi connectivity index (χ2v) is 16.3. The minimum Gasteiger partial charge on any atom is -0.0718 e. The van der Waals surface area contributed by atoms with E-state index in [0.717, 1.165) is 0 Å². The van der Waals surface area contributed by atoms with Crippen molar-refractivity contribution < 1.29 is 0 Å². The Labute approximate surface area is 111 Å². The lowest BCUT2D eigenvalue weighted by molar-refractivity contribution is 0.822. The summed E-state index contributed by atoms with van der Waals surface area (Å²) in [7, 11) is -1.21. The van der Waals surface area contributed by atoms with Gasteiger partial charge in [-0.3, -0.25) is 0 Å². The molecule has 0 bridgehead atoms. The molecule has 2 aliphatic rings. The first-order valence-electron chi connectivity index (χ1n) is 8.09. The summed E-state index contributed by atoms with van der Waals surface area (Å²) < 4.78 is 0. The topological polar surface area (TPSA) is 0 Å². The molecule has 2 rings (SSSR count). The molecule has 0 aromatic heterocycles. The van der Waals surface area contributed by atoms with Crippen molar-refractivity contribution in [3.63, 3.8) is 0 Å². The van der Waals surface area contributed by atoms with Crippen molar-refractivity contribution >= 4 is 16.9 Å². The second kappa shape index (κ2) is 6.05. The molecular weight excluding hydrogens is 236 g/mol. The van der Waals surface area contributed by atoms with E-state index < -0.39 is 8.07 Å². The maximum absolute atomic E-state index is 2.69. The van der Waals surface area contributed by atoms with Crippen LogP contribution in [-0.4, -0.2) is 16.9 Å². The minimum absolute atomic E-state index is 0.363. The van der Waals surface area contributed by atoms with E-state index in [9.17, 15) is 0 Å². The lowest BCUT2D eigenvalue weighted by Gasteiger charge is -2.31. The summed E-state index contributed by atoms with van der Waals surface area (Å²) in [5, 5.41) is 0. The van der Waals surface area contributed by atoms with E-state index in [4.69, 9.17) is 0 Å². The summed E-state index contributed by atoms with van der Waals surface area (Å²) in [5.41, 5.74) is 2.41. The fraction of sp³-hybridized carbons (Fsp3) is 1.00. The molecule has 2 fully saturated rings. The van der Waals surface area contributed by atoms with E-state index in [2.05, 4.69) is 19.6 Å². The summed E-state index contributed by atoms with van der Waals surface area (Å²) in [6.45, 7) is 8.06. The van der Waals surface area contributed by atoms with Gasteiger partial charge in [0.25, 0.3) is 0 Å². The molecule has 2 saturated carbocycles. The van der Waals surface area contributed by atoms with Crippen LogP contribution in [0.1, 0.15) is 51.4 Å². The zero-order valence-corrected chi connectivity index (χ0v) is 14.5. The molecule has 0 aromatic rings. The molecule has 0 N–H and O–H groups in total.